The van der Waals surface area contributed by atoms with Crippen molar-refractivity contribution in [2.24, 2.45) is 4.99 Å². The van der Waals surface area contributed by atoms with Crippen LogP contribution in [0.2, 0.25) is 0 Å². The molecule has 0 bridgehead atoms. The molecule has 2 aliphatic heterocycles. The number of halogens is 1. The average Bonchev–Trinajstić information content (AvgIpc) is 3.15. The van der Waals surface area contributed by atoms with Crippen LogP contribution in [0.15, 0.2) is 77.8 Å². The lowest BCUT2D eigenvalue weighted by Gasteiger charge is -2.41. The highest BCUT2D eigenvalue weighted by atomic mass is 19.1. The van der Waals surface area contributed by atoms with Crippen molar-refractivity contribution in [1.29, 1.82) is 0 Å². The third kappa shape index (κ3) is 10.4. The number of benzene rings is 3. The predicted octanol–water partition coefficient (Wildman–Crippen LogP) is 5.67. The maximum atomic E-state index is 15.4. The van der Waals surface area contributed by atoms with E-state index in [9.17, 15) is 14.4 Å². The summed E-state index contributed by atoms with van der Waals surface area (Å²) < 4.78 is 26.1. The molecule has 2 N–H and O–H groups in total. The van der Waals surface area contributed by atoms with Gasteiger partial charge in [0, 0.05) is 50.9 Å². The average molecular weight is 717 g/mol. The monoisotopic (exact) mass is 716 g/mol. The topological polar surface area (TPSA) is 125 Å². The molecule has 2 amide bonds. The number of rotatable bonds is 11. The lowest BCUT2D eigenvalue weighted by atomic mass is 10.0. The van der Waals surface area contributed by atoms with Gasteiger partial charge in [-0.15, -0.1) is 5.06 Å². The predicted molar refractivity (Wildman–Crippen MR) is 196 cm³/mol. The maximum Gasteiger partial charge on any atom is 0.444 e. The van der Waals surface area contributed by atoms with Crippen molar-refractivity contribution >= 4 is 29.6 Å². The Morgan fingerprint density at radius 2 is 1.73 bits per heavy atom. The number of amides is 2. The number of nitrogens with zero attached hydrogens (tertiary/aromatic N) is 4. The first-order valence-corrected chi connectivity index (χ1v) is 17.7. The fourth-order valence-electron chi connectivity index (χ4n) is 6.09. The Kier molecular flexibility index (Phi) is 12.9. The van der Waals surface area contributed by atoms with Gasteiger partial charge in [0.15, 0.2) is 5.96 Å². The van der Waals surface area contributed by atoms with Gasteiger partial charge in [0.25, 0.3) is 5.91 Å². The van der Waals surface area contributed by atoms with Gasteiger partial charge in [-0.3, -0.25) is 9.79 Å². The minimum Gasteiger partial charge on any atom is -0.497 e. The number of carbonyl (C=O) groups excluding carboxylic acids is 3. The molecule has 12 nitrogen and oxygen atoms in total. The number of methoxy groups -OCH3 is 1. The van der Waals surface area contributed by atoms with E-state index in [1.165, 1.54) is 6.07 Å². The Labute approximate surface area is 304 Å². The molecule has 2 heterocycles. The van der Waals surface area contributed by atoms with E-state index in [1.807, 2.05) is 47.4 Å². The first kappa shape index (κ1) is 37.9. The summed E-state index contributed by atoms with van der Waals surface area (Å²) in [5.41, 5.74) is 1.65. The molecule has 0 aromatic heterocycles. The van der Waals surface area contributed by atoms with Gasteiger partial charge in [0.05, 0.1) is 24.8 Å². The minimum absolute atomic E-state index is 0.0192. The van der Waals surface area contributed by atoms with Crippen LogP contribution in [-0.4, -0.2) is 85.3 Å². The smallest absolute Gasteiger partial charge is 0.444 e. The van der Waals surface area contributed by atoms with Gasteiger partial charge in [-0.05, 0) is 81.5 Å². The van der Waals surface area contributed by atoms with Gasteiger partial charge in [0.2, 0.25) is 0 Å². The number of aliphatic imine (C=N–C) groups is 1. The van der Waals surface area contributed by atoms with Crippen LogP contribution < -0.4 is 20.3 Å². The van der Waals surface area contributed by atoms with Crippen molar-refractivity contribution in [3.05, 3.63) is 95.3 Å². The summed E-state index contributed by atoms with van der Waals surface area (Å²) in [6.07, 6.45) is 1.60. The largest absolute Gasteiger partial charge is 0.497 e. The Bertz CT molecular complexity index is 1690. The van der Waals surface area contributed by atoms with Crippen LogP contribution >= 0.6 is 0 Å². The molecule has 13 heteroatoms. The highest BCUT2D eigenvalue weighted by Gasteiger charge is 2.33. The molecule has 0 saturated carbocycles. The van der Waals surface area contributed by atoms with Crippen LogP contribution in [0.5, 0.6) is 5.75 Å². The van der Waals surface area contributed by atoms with E-state index in [4.69, 9.17) is 19.3 Å². The van der Waals surface area contributed by atoms with E-state index in [0.29, 0.717) is 25.3 Å². The molecule has 278 valence electrons. The van der Waals surface area contributed by atoms with E-state index in [-0.39, 0.29) is 31.2 Å². The number of hydroxylamine groups is 2. The molecular formula is C39H49FN6O6. The Morgan fingerprint density at radius 1 is 1.00 bits per heavy atom. The number of nitrogens with one attached hydrogen (secondary N) is 2. The molecule has 2 aliphatic rings. The molecule has 3 aromatic rings. The third-order valence-corrected chi connectivity index (χ3v) is 8.91. The number of hydrogen-bond donors (Lipinski definition) is 2. The van der Waals surface area contributed by atoms with Gasteiger partial charge in [-0.2, -0.15) is 0 Å². The highest BCUT2D eigenvalue weighted by Crippen LogP contribution is 2.28. The van der Waals surface area contributed by atoms with E-state index < -0.39 is 29.3 Å². The van der Waals surface area contributed by atoms with Crippen molar-refractivity contribution in [3.63, 3.8) is 0 Å². The van der Waals surface area contributed by atoms with Crippen molar-refractivity contribution in [2.45, 2.75) is 71.2 Å². The molecule has 3 aromatic carbocycles. The maximum absolute atomic E-state index is 15.4. The SMILES string of the molecule is COc1ccc(CN(C2=NCCCN2)C2CCN(c3ccc(C(=O)NCCC(=O)ON(C(=O)OCc4ccccc4)C(C)(C)C)cc3F)CC2)cc1. The third-order valence-electron chi connectivity index (χ3n) is 8.91. The first-order valence-electron chi connectivity index (χ1n) is 17.7. The van der Waals surface area contributed by atoms with Crippen LogP contribution in [-0.2, 0) is 27.5 Å². The van der Waals surface area contributed by atoms with Crippen molar-refractivity contribution in [2.75, 3.05) is 44.7 Å². The molecule has 0 unspecified atom stereocenters. The fraction of sp³-hybridized carbons (Fsp3) is 0.436. The number of guanidine groups is 1. The molecule has 0 spiro atoms. The highest BCUT2D eigenvalue weighted by molar-refractivity contribution is 5.94. The zero-order valence-electron chi connectivity index (χ0n) is 30.4. The van der Waals surface area contributed by atoms with Crippen molar-refractivity contribution in [1.82, 2.24) is 20.6 Å². The Balaban J connectivity index is 1.11. The summed E-state index contributed by atoms with van der Waals surface area (Å²) in [7, 11) is 1.65. The molecule has 0 aliphatic carbocycles. The summed E-state index contributed by atoms with van der Waals surface area (Å²) in [5, 5.41) is 6.99. The quantitative estimate of drug-likeness (QED) is 0.242. The molecule has 52 heavy (non-hydrogen) atoms. The van der Waals surface area contributed by atoms with E-state index in [1.54, 1.807) is 40.0 Å². The van der Waals surface area contributed by atoms with E-state index in [0.717, 1.165) is 60.3 Å². The molecule has 5 rings (SSSR count). The van der Waals surface area contributed by atoms with Gasteiger partial charge >= 0.3 is 12.1 Å². The van der Waals surface area contributed by atoms with Gasteiger partial charge in [-0.25, -0.2) is 14.0 Å². The summed E-state index contributed by atoms with van der Waals surface area (Å²) in [4.78, 5) is 52.7. The second kappa shape index (κ2) is 17.7. The van der Waals surface area contributed by atoms with Gasteiger partial charge in [-0.1, -0.05) is 42.5 Å². The van der Waals surface area contributed by atoms with Crippen LogP contribution in [0, 0.1) is 5.82 Å². The van der Waals surface area contributed by atoms with Gasteiger partial charge < -0.3 is 34.7 Å². The Morgan fingerprint density at radius 3 is 2.37 bits per heavy atom. The molecular weight excluding hydrogens is 667 g/mol. The molecule has 0 radical (unpaired) electrons. The summed E-state index contributed by atoms with van der Waals surface area (Å²) in [6, 6.07) is 21.9. The Hall–Kier alpha value is -5.33. The standard InChI is InChI=1S/C39H49FN6O6/c1-39(2,3)46(38(49)51-27-29-9-6-5-7-10-29)52-35(47)17-22-41-36(48)30-13-16-34(33(40)25-30)44-23-18-31(19-24-44)45(37-42-20-8-21-43-37)26-28-11-14-32(50-4)15-12-28/h5-7,9-16,25,31H,8,17-24,26-27H2,1-4H3,(H,41,48)(H,42,43). The second-order valence-corrected chi connectivity index (χ2v) is 13.8. The van der Waals surface area contributed by atoms with Crippen molar-refractivity contribution in [3.8, 4) is 5.75 Å². The number of ether oxygens (including phenoxy) is 2. The molecule has 0 atom stereocenters. The number of hydrogen-bond acceptors (Lipinski definition) is 10. The first-order chi connectivity index (χ1) is 25.0. The van der Waals surface area contributed by atoms with E-state index >= 15 is 4.39 Å². The number of anilines is 1. The summed E-state index contributed by atoms with van der Waals surface area (Å²) in [6.45, 7) is 8.72. The van der Waals surface area contributed by atoms with E-state index in [2.05, 4.69) is 27.7 Å². The minimum atomic E-state index is -0.876. The summed E-state index contributed by atoms with van der Waals surface area (Å²) >= 11 is 0. The van der Waals surface area contributed by atoms with Gasteiger partial charge in [0.1, 0.15) is 18.2 Å². The zero-order valence-corrected chi connectivity index (χ0v) is 30.4. The molecule has 1 saturated heterocycles. The zero-order chi connectivity index (χ0) is 37.1. The van der Waals surface area contributed by atoms with Crippen LogP contribution in [0.1, 0.15) is 67.9 Å². The van der Waals surface area contributed by atoms with Crippen LogP contribution in [0.3, 0.4) is 0 Å². The van der Waals surface area contributed by atoms with Crippen molar-refractivity contribution < 1.29 is 33.1 Å². The fourth-order valence-corrected chi connectivity index (χ4v) is 6.09. The number of carbonyl (C=O) groups is 3. The molecule has 1 fully saturated rings. The number of piperidine rings is 1. The summed E-state index contributed by atoms with van der Waals surface area (Å²) in [5.74, 6) is -0.0324. The normalized spacial score (nSPS) is 14.8. The van der Waals surface area contributed by atoms with Crippen LogP contribution in [0.4, 0.5) is 14.9 Å². The van der Waals surface area contributed by atoms with Crippen LogP contribution in [0.25, 0.3) is 0 Å². The lowest BCUT2D eigenvalue weighted by Crippen LogP contribution is -2.52. The second-order valence-electron chi connectivity index (χ2n) is 13.8. The lowest BCUT2D eigenvalue weighted by molar-refractivity contribution is -0.200.